The molecule has 3 aromatic rings. The van der Waals surface area contributed by atoms with Crippen LogP contribution in [-0.4, -0.2) is 60.2 Å². The molecule has 0 radical (unpaired) electrons. The summed E-state index contributed by atoms with van der Waals surface area (Å²) in [5.74, 6) is -1.19. The van der Waals surface area contributed by atoms with Crippen molar-refractivity contribution in [1.82, 2.24) is 25.1 Å². The van der Waals surface area contributed by atoms with E-state index in [2.05, 4.69) is 20.2 Å². The molecule has 0 bridgehead atoms. The number of imidazole rings is 1. The Labute approximate surface area is 169 Å². The molecule has 10 nitrogen and oxygen atoms in total. The maximum Gasteiger partial charge on any atom is 0.356 e. The predicted molar refractivity (Wildman–Crippen MR) is 101 cm³/mol. The molecule has 30 heavy (non-hydrogen) atoms. The maximum atomic E-state index is 13.1. The molecule has 156 valence electrons. The summed E-state index contributed by atoms with van der Waals surface area (Å²) in [7, 11) is 0. The van der Waals surface area contributed by atoms with Gasteiger partial charge in [0.1, 0.15) is 17.3 Å². The standard InChI is InChI=1S/C18H16FN5O3.CH2O2/c1-9-14(21-16(20-9)10-2-4-11(19)5-3-10)17(25)24-7-6-12-13(8-24)22-23-15(12)18(26)27;2-1-3/h2-5H,6-8H2,1H3,(H,20,21)(H,22,23)(H,26,27);1H,(H,2,3). The molecule has 1 aliphatic rings. The van der Waals surface area contributed by atoms with Crippen LogP contribution in [0.2, 0.25) is 0 Å². The first-order valence-corrected chi connectivity index (χ1v) is 8.84. The van der Waals surface area contributed by atoms with Crippen molar-refractivity contribution in [3.8, 4) is 11.4 Å². The number of aromatic amines is 2. The number of hydrogen-bond donors (Lipinski definition) is 4. The van der Waals surface area contributed by atoms with E-state index in [1.807, 2.05) is 0 Å². The van der Waals surface area contributed by atoms with E-state index < -0.39 is 5.97 Å². The summed E-state index contributed by atoms with van der Waals surface area (Å²) in [5, 5.41) is 22.6. The summed E-state index contributed by atoms with van der Waals surface area (Å²) >= 11 is 0. The monoisotopic (exact) mass is 415 g/mol. The largest absolute Gasteiger partial charge is 0.483 e. The molecule has 0 saturated carbocycles. The van der Waals surface area contributed by atoms with Gasteiger partial charge in [-0.1, -0.05) is 0 Å². The fourth-order valence-electron chi connectivity index (χ4n) is 3.23. The van der Waals surface area contributed by atoms with Crippen LogP contribution in [0.15, 0.2) is 24.3 Å². The zero-order chi connectivity index (χ0) is 21.8. The summed E-state index contributed by atoms with van der Waals surface area (Å²) in [4.78, 5) is 41.5. The molecule has 0 aliphatic carbocycles. The van der Waals surface area contributed by atoms with Gasteiger partial charge in [-0.05, 0) is 37.6 Å². The number of H-pyrrole nitrogens is 2. The van der Waals surface area contributed by atoms with Gasteiger partial charge < -0.3 is 20.1 Å². The number of carbonyl (C=O) groups is 3. The highest BCUT2D eigenvalue weighted by Crippen LogP contribution is 2.24. The molecule has 1 amide bonds. The molecular formula is C19H18FN5O5. The number of carbonyl (C=O) groups excluding carboxylic acids is 1. The van der Waals surface area contributed by atoms with Gasteiger partial charge in [0.05, 0.1) is 12.2 Å². The number of halogens is 1. The first-order valence-electron chi connectivity index (χ1n) is 8.84. The van der Waals surface area contributed by atoms with Gasteiger partial charge >= 0.3 is 5.97 Å². The highest BCUT2D eigenvalue weighted by atomic mass is 19.1. The average molecular weight is 415 g/mol. The molecule has 0 spiro atoms. The lowest BCUT2D eigenvalue weighted by Gasteiger charge is -2.26. The van der Waals surface area contributed by atoms with Crippen LogP contribution in [0.5, 0.6) is 0 Å². The predicted octanol–water partition coefficient (Wildman–Crippen LogP) is 1.84. The number of benzene rings is 1. The van der Waals surface area contributed by atoms with E-state index in [9.17, 15) is 14.0 Å². The van der Waals surface area contributed by atoms with E-state index in [-0.39, 0.29) is 36.1 Å². The average Bonchev–Trinajstić information content (AvgIpc) is 3.32. The lowest BCUT2D eigenvalue weighted by Crippen LogP contribution is -2.36. The molecule has 4 N–H and O–H groups in total. The highest BCUT2D eigenvalue weighted by molar-refractivity contribution is 5.94. The Bertz CT molecular complexity index is 1090. The summed E-state index contributed by atoms with van der Waals surface area (Å²) in [5.41, 5.74) is 2.85. The second-order valence-corrected chi connectivity index (χ2v) is 6.48. The molecule has 1 aromatic carbocycles. The minimum Gasteiger partial charge on any atom is -0.483 e. The Kier molecular flexibility index (Phi) is 5.90. The van der Waals surface area contributed by atoms with Gasteiger partial charge in [-0.2, -0.15) is 5.10 Å². The molecule has 0 fully saturated rings. The second-order valence-electron chi connectivity index (χ2n) is 6.48. The van der Waals surface area contributed by atoms with Gasteiger partial charge in [0.25, 0.3) is 12.4 Å². The first-order chi connectivity index (χ1) is 14.3. The molecule has 3 heterocycles. The summed E-state index contributed by atoms with van der Waals surface area (Å²) < 4.78 is 13.1. The van der Waals surface area contributed by atoms with E-state index in [1.165, 1.54) is 12.1 Å². The van der Waals surface area contributed by atoms with Crippen LogP contribution in [0.25, 0.3) is 11.4 Å². The van der Waals surface area contributed by atoms with Crippen molar-refractivity contribution in [3.63, 3.8) is 0 Å². The van der Waals surface area contributed by atoms with Gasteiger partial charge in [0.15, 0.2) is 5.69 Å². The Morgan fingerprint density at radius 3 is 2.53 bits per heavy atom. The van der Waals surface area contributed by atoms with Gasteiger partial charge in [-0.25, -0.2) is 14.2 Å². The van der Waals surface area contributed by atoms with E-state index in [4.69, 9.17) is 15.0 Å². The Morgan fingerprint density at radius 2 is 1.90 bits per heavy atom. The number of hydrogen-bond acceptors (Lipinski definition) is 5. The normalized spacial score (nSPS) is 12.5. The first kappa shape index (κ1) is 20.7. The van der Waals surface area contributed by atoms with Gasteiger partial charge in [-0.3, -0.25) is 14.7 Å². The number of nitrogens with zero attached hydrogens (tertiary/aromatic N) is 3. The van der Waals surface area contributed by atoms with Crippen LogP contribution in [0.3, 0.4) is 0 Å². The maximum absolute atomic E-state index is 13.1. The molecule has 11 heteroatoms. The minimum atomic E-state index is -1.08. The van der Waals surface area contributed by atoms with Crippen LogP contribution in [-0.2, 0) is 17.8 Å². The molecular weight excluding hydrogens is 397 g/mol. The van der Waals surface area contributed by atoms with E-state index >= 15 is 0 Å². The Morgan fingerprint density at radius 1 is 1.23 bits per heavy atom. The lowest BCUT2D eigenvalue weighted by atomic mass is 10.0. The van der Waals surface area contributed by atoms with Gasteiger partial charge in [-0.15, -0.1) is 0 Å². The zero-order valence-electron chi connectivity index (χ0n) is 15.8. The summed E-state index contributed by atoms with van der Waals surface area (Å²) in [6.45, 7) is 2.12. The molecule has 0 unspecified atom stereocenters. The zero-order valence-corrected chi connectivity index (χ0v) is 15.8. The number of nitrogens with one attached hydrogen (secondary N) is 2. The van der Waals surface area contributed by atoms with E-state index in [1.54, 1.807) is 24.0 Å². The van der Waals surface area contributed by atoms with Gasteiger partial charge in [0, 0.05) is 23.4 Å². The van der Waals surface area contributed by atoms with Crippen molar-refractivity contribution in [1.29, 1.82) is 0 Å². The van der Waals surface area contributed by atoms with Crippen LogP contribution >= 0.6 is 0 Å². The smallest absolute Gasteiger partial charge is 0.356 e. The Hall–Kier alpha value is -4.02. The number of aryl methyl sites for hydroxylation is 1. The van der Waals surface area contributed by atoms with Crippen LogP contribution in [0, 0.1) is 12.7 Å². The van der Waals surface area contributed by atoms with Gasteiger partial charge in [0.2, 0.25) is 0 Å². The van der Waals surface area contributed by atoms with Crippen molar-refractivity contribution in [2.75, 3.05) is 6.54 Å². The number of aromatic nitrogens is 4. The Balaban J connectivity index is 0.000000806. The molecule has 4 rings (SSSR count). The number of carboxylic acids is 1. The third kappa shape index (κ3) is 4.04. The third-order valence-electron chi connectivity index (χ3n) is 4.63. The molecule has 0 atom stereocenters. The summed E-state index contributed by atoms with van der Waals surface area (Å²) in [6, 6.07) is 5.85. The number of fused-ring (bicyclic) bond motifs is 1. The van der Waals surface area contributed by atoms with E-state index in [0.717, 1.165) is 0 Å². The van der Waals surface area contributed by atoms with Crippen LogP contribution in [0.1, 0.15) is 37.9 Å². The van der Waals surface area contributed by atoms with Crippen molar-refractivity contribution in [2.24, 2.45) is 0 Å². The van der Waals surface area contributed by atoms with Crippen molar-refractivity contribution in [3.05, 3.63) is 58.4 Å². The fraction of sp³-hybridized carbons (Fsp3) is 0.211. The van der Waals surface area contributed by atoms with Crippen molar-refractivity contribution >= 4 is 18.3 Å². The number of amides is 1. The highest BCUT2D eigenvalue weighted by Gasteiger charge is 2.29. The minimum absolute atomic E-state index is 0.00615. The van der Waals surface area contributed by atoms with Crippen LogP contribution < -0.4 is 0 Å². The SMILES string of the molecule is Cc1[nH]c(-c2ccc(F)cc2)nc1C(=O)N1CCc2c(C(=O)O)n[nH]c2C1.O=CO. The molecule has 2 aromatic heterocycles. The van der Waals surface area contributed by atoms with E-state index in [0.29, 0.717) is 41.3 Å². The fourth-order valence-corrected chi connectivity index (χ4v) is 3.23. The third-order valence-corrected chi connectivity index (χ3v) is 4.63. The van der Waals surface area contributed by atoms with Crippen molar-refractivity contribution in [2.45, 2.75) is 19.9 Å². The van der Waals surface area contributed by atoms with Crippen LogP contribution in [0.4, 0.5) is 4.39 Å². The number of rotatable bonds is 3. The number of carboxylic acid groups (broad SMARTS) is 2. The quantitative estimate of drug-likeness (QED) is 0.476. The molecule has 1 aliphatic heterocycles. The van der Waals surface area contributed by atoms with Crippen molar-refractivity contribution < 1.29 is 29.0 Å². The number of aromatic carboxylic acids is 1. The lowest BCUT2D eigenvalue weighted by molar-refractivity contribution is -0.122. The second kappa shape index (κ2) is 8.55. The molecule has 0 saturated heterocycles. The topological polar surface area (TPSA) is 152 Å². The summed E-state index contributed by atoms with van der Waals surface area (Å²) in [6.07, 6.45) is 0.410.